The molecule has 0 aromatic heterocycles. The maximum atomic E-state index is 11.1. The van der Waals surface area contributed by atoms with Crippen LogP contribution in [0, 0.1) is 0 Å². The van der Waals surface area contributed by atoms with Crippen LogP contribution in [0.25, 0.3) is 0 Å². The molecule has 0 fully saturated rings. The minimum atomic E-state index is -1.49. The first kappa shape index (κ1) is 11.8. The van der Waals surface area contributed by atoms with E-state index in [2.05, 4.69) is 0 Å². The Morgan fingerprint density at radius 2 is 1.58 bits per heavy atom. The normalized spacial score (nSPS) is 10.3. The van der Waals surface area contributed by atoms with E-state index in [0.29, 0.717) is 19.8 Å². The second-order valence-electron chi connectivity index (χ2n) is 1.79. The highest BCUT2D eigenvalue weighted by Gasteiger charge is 2.21. The second kappa shape index (κ2) is 7.47. The molecule has 0 N–H and O–H groups in total. The summed E-state index contributed by atoms with van der Waals surface area (Å²) in [7, 11) is -1.49. The zero-order valence-electron chi connectivity index (χ0n) is 7.70. The maximum absolute atomic E-state index is 11.1. The molecule has 4 nitrogen and oxygen atoms in total. The standard InChI is InChI=1S/C7H15O4P/c1-4-9-7(8)12(10-5-2)11-6-3/h4-6H2,1-3H3. The van der Waals surface area contributed by atoms with Gasteiger partial charge in [-0.25, -0.2) is 4.79 Å². The van der Waals surface area contributed by atoms with E-state index in [9.17, 15) is 4.79 Å². The summed E-state index contributed by atoms with van der Waals surface area (Å²) in [5.74, 6) is 0. The Morgan fingerprint density at radius 1 is 1.08 bits per heavy atom. The van der Waals surface area contributed by atoms with Gasteiger partial charge in [0.15, 0.2) is 0 Å². The molecule has 0 rings (SSSR count). The molecule has 0 heterocycles. The molecule has 0 aliphatic rings. The van der Waals surface area contributed by atoms with E-state index in [0.717, 1.165) is 0 Å². The Bertz CT molecular complexity index is 123. The minimum Gasteiger partial charge on any atom is -0.459 e. The first-order valence-corrected chi connectivity index (χ1v) is 5.16. The van der Waals surface area contributed by atoms with E-state index >= 15 is 0 Å². The molecule has 0 aromatic carbocycles. The Hall–Kier alpha value is -0.180. The van der Waals surface area contributed by atoms with Crippen LogP contribution in [0.1, 0.15) is 20.8 Å². The fourth-order valence-electron chi connectivity index (χ4n) is 0.553. The lowest BCUT2D eigenvalue weighted by molar-refractivity contribution is 0.166. The quantitative estimate of drug-likeness (QED) is 0.609. The lowest BCUT2D eigenvalue weighted by Crippen LogP contribution is -2.04. The van der Waals surface area contributed by atoms with E-state index in [4.69, 9.17) is 13.8 Å². The van der Waals surface area contributed by atoms with Crippen LogP contribution in [0.4, 0.5) is 4.79 Å². The van der Waals surface area contributed by atoms with Crippen LogP contribution in [0.2, 0.25) is 0 Å². The van der Waals surface area contributed by atoms with E-state index < -0.39 is 14.1 Å². The summed E-state index contributed by atoms with van der Waals surface area (Å²) in [6, 6.07) is 0. The molecule has 12 heavy (non-hydrogen) atoms. The topological polar surface area (TPSA) is 44.8 Å². The Morgan fingerprint density at radius 3 is 1.92 bits per heavy atom. The third-order valence-electron chi connectivity index (χ3n) is 0.910. The van der Waals surface area contributed by atoms with Crippen molar-refractivity contribution in [2.24, 2.45) is 0 Å². The molecule has 5 heteroatoms. The number of rotatable bonds is 6. The molecule has 0 saturated heterocycles. The van der Waals surface area contributed by atoms with Gasteiger partial charge in [0.2, 0.25) is 0 Å². The fraction of sp³-hybridized carbons (Fsp3) is 0.857. The minimum absolute atomic E-state index is 0.359. The van der Waals surface area contributed by atoms with Crippen molar-refractivity contribution in [3.63, 3.8) is 0 Å². The summed E-state index contributed by atoms with van der Waals surface area (Å²) >= 11 is 0. The van der Waals surface area contributed by atoms with Gasteiger partial charge in [0.25, 0.3) is 8.38 Å². The molecular formula is C7H15O4P. The number of carbonyl (C=O) groups excluding carboxylic acids is 1. The van der Waals surface area contributed by atoms with Crippen molar-refractivity contribution in [2.75, 3.05) is 19.8 Å². The summed E-state index contributed by atoms with van der Waals surface area (Å²) in [6.07, 6.45) is 0. The van der Waals surface area contributed by atoms with Gasteiger partial charge in [-0.3, -0.25) is 0 Å². The predicted molar refractivity (Wildman–Crippen MR) is 47.2 cm³/mol. The average Bonchev–Trinajstić information content (AvgIpc) is 2.04. The smallest absolute Gasteiger partial charge is 0.384 e. The van der Waals surface area contributed by atoms with Crippen molar-refractivity contribution in [3.05, 3.63) is 0 Å². The Kier molecular flexibility index (Phi) is 7.36. The number of ether oxygens (including phenoxy) is 1. The molecule has 0 aliphatic carbocycles. The van der Waals surface area contributed by atoms with Crippen molar-refractivity contribution >= 4 is 14.1 Å². The van der Waals surface area contributed by atoms with Gasteiger partial charge in [0.1, 0.15) is 0 Å². The lowest BCUT2D eigenvalue weighted by Gasteiger charge is -2.12. The monoisotopic (exact) mass is 194 g/mol. The molecule has 0 radical (unpaired) electrons. The Balaban J connectivity index is 3.81. The van der Waals surface area contributed by atoms with Gasteiger partial charge in [0, 0.05) is 0 Å². The summed E-state index contributed by atoms with van der Waals surface area (Å²) in [5, 5.41) is 0. The van der Waals surface area contributed by atoms with E-state index in [-0.39, 0.29) is 0 Å². The number of hydrogen-bond acceptors (Lipinski definition) is 4. The summed E-state index contributed by atoms with van der Waals surface area (Å²) in [4.78, 5) is 11.1. The molecule has 72 valence electrons. The zero-order valence-corrected chi connectivity index (χ0v) is 8.60. The highest BCUT2D eigenvalue weighted by molar-refractivity contribution is 7.65. The van der Waals surface area contributed by atoms with Gasteiger partial charge in [-0.05, 0) is 20.8 Å². The predicted octanol–water partition coefficient (Wildman–Crippen LogP) is 2.53. The van der Waals surface area contributed by atoms with E-state index in [1.54, 1.807) is 6.92 Å². The lowest BCUT2D eigenvalue weighted by atomic mass is 10.9. The Labute approximate surface area is 74.1 Å². The summed E-state index contributed by atoms with van der Waals surface area (Å²) in [5.41, 5.74) is -0.392. The molecule has 0 amide bonds. The molecular weight excluding hydrogens is 179 g/mol. The van der Waals surface area contributed by atoms with Gasteiger partial charge >= 0.3 is 5.71 Å². The fourth-order valence-corrected chi connectivity index (χ4v) is 1.54. The van der Waals surface area contributed by atoms with Crippen molar-refractivity contribution in [2.45, 2.75) is 20.8 Å². The highest BCUT2D eigenvalue weighted by Crippen LogP contribution is 2.39. The van der Waals surface area contributed by atoms with Crippen molar-refractivity contribution < 1.29 is 18.6 Å². The summed E-state index contributed by atoms with van der Waals surface area (Å²) in [6.45, 7) is 6.66. The maximum Gasteiger partial charge on any atom is 0.384 e. The van der Waals surface area contributed by atoms with E-state index in [1.807, 2.05) is 13.8 Å². The van der Waals surface area contributed by atoms with Crippen molar-refractivity contribution in [1.82, 2.24) is 0 Å². The van der Waals surface area contributed by atoms with Crippen LogP contribution in [0.3, 0.4) is 0 Å². The van der Waals surface area contributed by atoms with Crippen LogP contribution in [0.5, 0.6) is 0 Å². The first-order valence-electron chi connectivity index (χ1n) is 3.98. The van der Waals surface area contributed by atoms with Crippen LogP contribution < -0.4 is 0 Å². The van der Waals surface area contributed by atoms with E-state index in [1.165, 1.54) is 0 Å². The molecule has 0 unspecified atom stereocenters. The van der Waals surface area contributed by atoms with Crippen LogP contribution >= 0.6 is 8.38 Å². The summed E-state index contributed by atoms with van der Waals surface area (Å²) < 4.78 is 14.9. The van der Waals surface area contributed by atoms with Crippen molar-refractivity contribution in [3.8, 4) is 0 Å². The first-order chi connectivity index (χ1) is 5.76. The molecule has 0 atom stereocenters. The van der Waals surface area contributed by atoms with Gasteiger partial charge in [-0.1, -0.05) is 0 Å². The van der Waals surface area contributed by atoms with Gasteiger partial charge < -0.3 is 13.8 Å². The van der Waals surface area contributed by atoms with Crippen LogP contribution in [-0.4, -0.2) is 25.5 Å². The molecule has 0 saturated carbocycles. The number of carbonyl (C=O) groups is 1. The molecule has 0 spiro atoms. The SMILES string of the molecule is CCOC(=O)P(OCC)OCC. The van der Waals surface area contributed by atoms with Gasteiger partial charge in [-0.15, -0.1) is 0 Å². The largest absolute Gasteiger partial charge is 0.459 e. The zero-order chi connectivity index (χ0) is 9.40. The van der Waals surface area contributed by atoms with Crippen LogP contribution in [0.15, 0.2) is 0 Å². The van der Waals surface area contributed by atoms with Gasteiger partial charge in [-0.2, -0.15) is 0 Å². The number of hydrogen-bond donors (Lipinski definition) is 0. The van der Waals surface area contributed by atoms with Gasteiger partial charge in [0.05, 0.1) is 19.8 Å². The second-order valence-corrected chi connectivity index (χ2v) is 3.19. The molecule has 0 bridgehead atoms. The highest BCUT2D eigenvalue weighted by atomic mass is 31.2. The third-order valence-corrected chi connectivity index (χ3v) is 2.32. The average molecular weight is 194 g/mol. The van der Waals surface area contributed by atoms with Crippen molar-refractivity contribution in [1.29, 1.82) is 0 Å². The van der Waals surface area contributed by atoms with Crippen LogP contribution in [-0.2, 0) is 13.8 Å². The third kappa shape index (κ3) is 4.65. The molecule has 0 aromatic rings. The molecule has 0 aliphatic heterocycles.